The van der Waals surface area contributed by atoms with Crippen molar-refractivity contribution < 1.29 is 4.43 Å². The molecule has 0 unspecified atom stereocenters. The van der Waals surface area contributed by atoms with Crippen LogP contribution in [0.4, 0.5) is 0 Å². The van der Waals surface area contributed by atoms with E-state index in [0.717, 1.165) is 13.2 Å². The summed E-state index contributed by atoms with van der Waals surface area (Å²) in [6.45, 7) is 6.38. The van der Waals surface area contributed by atoms with Gasteiger partial charge in [-0.25, -0.2) is 0 Å². The van der Waals surface area contributed by atoms with Gasteiger partial charge in [0, 0.05) is 6.61 Å². The predicted molar refractivity (Wildman–Crippen MR) is 59.1 cm³/mol. The summed E-state index contributed by atoms with van der Waals surface area (Å²) in [5.74, 6) is 0. The van der Waals surface area contributed by atoms with Crippen molar-refractivity contribution in [3.63, 3.8) is 0 Å². The van der Waals surface area contributed by atoms with Crippen LogP contribution in [-0.4, -0.2) is 21.6 Å². The molecule has 2 nitrogen and oxygen atoms in total. The monoisotopic (exact) mass is 201 g/mol. The average Bonchev–Trinajstić information content (AvgIpc) is 2.17. The molecular formula is C10H23NOSi. The number of rotatable bonds is 5. The summed E-state index contributed by atoms with van der Waals surface area (Å²) in [4.78, 5) is 3.70. The summed E-state index contributed by atoms with van der Waals surface area (Å²) in [6, 6.07) is 2.67. The minimum Gasteiger partial charge on any atom is -0.403 e. The summed E-state index contributed by atoms with van der Waals surface area (Å²) < 4.78 is 6.00. The van der Waals surface area contributed by atoms with E-state index in [9.17, 15) is 0 Å². The van der Waals surface area contributed by atoms with Gasteiger partial charge >= 0.3 is 0 Å². The second-order valence-corrected chi connectivity index (χ2v) is 7.55. The molecule has 1 aliphatic rings. The minimum absolute atomic E-state index is 0.892. The highest BCUT2D eigenvalue weighted by molar-refractivity contribution is 6.71. The third kappa shape index (κ3) is 3.41. The van der Waals surface area contributed by atoms with Crippen molar-refractivity contribution in [2.24, 2.45) is 0 Å². The van der Waals surface area contributed by atoms with Crippen LogP contribution in [0.5, 0.6) is 0 Å². The molecule has 0 atom stereocenters. The Morgan fingerprint density at radius 3 is 2.38 bits per heavy atom. The van der Waals surface area contributed by atoms with Crippen molar-refractivity contribution in [1.82, 2.24) is 4.98 Å². The number of nitrogens with one attached hydrogen (secondary N) is 1. The average molecular weight is 201 g/mol. The van der Waals surface area contributed by atoms with Gasteiger partial charge in [0.1, 0.15) is 0 Å². The van der Waals surface area contributed by atoms with Crippen LogP contribution in [-0.2, 0) is 4.43 Å². The van der Waals surface area contributed by atoms with Crippen LogP contribution in [0.3, 0.4) is 0 Å². The SMILES string of the molecule is CCCN[Si]1(OCC)CCCCC1. The van der Waals surface area contributed by atoms with Gasteiger partial charge in [0.05, 0.1) is 0 Å². The Bertz CT molecular complexity index is 129. The van der Waals surface area contributed by atoms with Gasteiger partial charge in [-0.3, -0.25) is 0 Å². The van der Waals surface area contributed by atoms with Crippen molar-refractivity contribution in [3.8, 4) is 0 Å². The van der Waals surface area contributed by atoms with Crippen molar-refractivity contribution >= 4 is 8.48 Å². The van der Waals surface area contributed by atoms with E-state index in [-0.39, 0.29) is 0 Å². The Kier molecular flexibility index (Phi) is 4.99. The highest BCUT2D eigenvalue weighted by Gasteiger charge is 2.35. The second kappa shape index (κ2) is 5.78. The van der Waals surface area contributed by atoms with Crippen LogP contribution in [0.25, 0.3) is 0 Å². The fraction of sp³-hybridized carbons (Fsp3) is 1.00. The lowest BCUT2D eigenvalue weighted by molar-refractivity contribution is 0.299. The molecule has 1 saturated heterocycles. The van der Waals surface area contributed by atoms with Gasteiger partial charge in [-0.1, -0.05) is 26.2 Å². The van der Waals surface area contributed by atoms with Gasteiger partial charge in [0.15, 0.2) is 0 Å². The molecule has 3 heteroatoms. The highest BCUT2D eigenvalue weighted by atomic mass is 28.4. The Morgan fingerprint density at radius 2 is 1.85 bits per heavy atom. The molecule has 0 bridgehead atoms. The quantitative estimate of drug-likeness (QED) is 0.691. The molecule has 1 fully saturated rings. The van der Waals surface area contributed by atoms with Gasteiger partial charge in [-0.2, -0.15) is 0 Å². The zero-order valence-corrected chi connectivity index (χ0v) is 10.1. The van der Waals surface area contributed by atoms with E-state index < -0.39 is 8.48 Å². The Hall–Kier alpha value is 0.137. The van der Waals surface area contributed by atoms with Crippen LogP contribution in [0, 0.1) is 0 Å². The molecule has 1 heterocycles. The zero-order valence-electron chi connectivity index (χ0n) is 9.07. The van der Waals surface area contributed by atoms with E-state index in [4.69, 9.17) is 4.43 Å². The van der Waals surface area contributed by atoms with E-state index in [1.165, 1.54) is 37.8 Å². The van der Waals surface area contributed by atoms with Crippen LogP contribution in [0.1, 0.15) is 39.5 Å². The van der Waals surface area contributed by atoms with E-state index in [0.29, 0.717) is 0 Å². The molecule has 0 spiro atoms. The molecular weight excluding hydrogens is 178 g/mol. The second-order valence-electron chi connectivity index (χ2n) is 3.91. The maximum Gasteiger partial charge on any atom is 0.268 e. The third-order valence-electron chi connectivity index (χ3n) is 2.78. The normalized spacial score (nSPS) is 21.7. The lowest BCUT2D eigenvalue weighted by atomic mass is 10.3. The van der Waals surface area contributed by atoms with E-state index in [1.807, 2.05) is 0 Å². The summed E-state index contributed by atoms with van der Waals surface area (Å²) in [5, 5.41) is 0. The molecule has 13 heavy (non-hydrogen) atoms. The van der Waals surface area contributed by atoms with Crippen LogP contribution in [0.2, 0.25) is 12.1 Å². The van der Waals surface area contributed by atoms with Gasteiger partial charge in [-0.05, 0) is 32.0 Å². The molecule has 0 saturated carbocycles. The Labute approximate surface area is 83.3 Å². The molecule has 1 N–H and O–H groups in total. The topological polar surface area (TPSA) is 21.3 Å². The van der Waals surface area contributed by atoms with Gasteiger partial charge in [0.25, 0.3) is 8.48 Å². The predicted octanol–water partition coefficient (Wildman–Crippen LogP) is 2.65. The maximum absolute atomic E-state index is 6.00. The molecule has 78 valence electrons. The van der Waals surface area contributed by atoms with E-state index in [1.54, 1.807) is 0 Å². The molecule has 1 aliphatic heterocycles. The van der Waals surface area contributed by atoms with E-state index in [2.05, 4.69) is 18.8 Å². The Balaban J connectivity index is 2.40. The lowest BCUT2D eigenvalue weighted by Crippen LogP contribution is -2.54. The van der Waals surface area contributed by atoms with Crippen molar-refractivity contribution in [3.05, 3.63) is 0 Å². The highest BCUT2D eigenvalue weighted by Crippen LogP contribution is 2.27. The first kappa shape index (κ1) is 11.2. The fourth-order valence-corrected chi connectivity index (χ4v) is 6.02. The zero-order chi connectivity index (χ0) is 9.57. The van der Waals surface area contributed by atoms with Gasteiger partial charge in [0.2, 0.25) is 0 Å². The summed E-state index contributed by atoms with van der Waals surface area (Å²) >= 11 is 0. The first-order valence-corrected chi connectivity index (χ1v) is 8.04. The molecule has 0 amide bonds. The molecule has 0 radical (unpaired) electrons. The van der Waals surface area contributed by atoms with E-state index >= 15 is 0 Å². The molecule has 0 aromatic rings. The smallest absolute Gasteiger partial charge is 0.268 e. The van der Waals surface area contributed by atoms with Crippen molar-refractivity contribution in [2.75, 3.05) is 13.2 Å². The summed E-state index contributed by atoms with van der Waals surface area (Å²) in [5.41, 5.74) is 0. The molecule has 0 aromatic heterocycles. The first-order valence-electron chi connectivity index (χ1n) is 5.72. The van der Waals surface area contributed by atoms with Crippen LogP contribution in [0.15, 0.2) is 0 Å². The standard InChI is InChI=1S/C10H23NOSi/c1-3-8-11-13(12-4-2)9-6-5-7-10-13/h11H,3-10H2,1-2H3. The molecule has 1 rings (SSSR count). The maximum atomic E-state index is 6.00. The van der Waals surface area contributed by atoms with Crippen molar-refractivity contribution in [2.45, 2.75) is 51.6 Å². The number of hydrogen-bond acceptors (Lipinski definition) is 2. The third-order valence-corrected chi connectivity index (χ3v) is 6.84. The van der Waals surface area contributed by atoms with Crippen LogP contribution < -0.4 is 4.98 Å². The lowest BCUT2D eigenvalue weighted by Gasteiger charge is -2.34. The summed E-state index contributed by atoms with van der Waals surface area (Å²) in [6.07, 6.45) is 5.39. The van der Waals surface area contributed by atoms with Gasteiger partial charge < -0.3 is 9.41 Å². The Morgan fingerprint density at radius 1 is 1.15 bits per heavy atom. The van der Waals surface area contributed by atoms with Gasteiger partial charge in [-0.15, -0.1) is 0 Å². The molecule has 0 aromatic carbocycles. The van der Waals surface area contributed by atoms with Crippen molar-refractivity contribution in [1.29, 1.82) is 0 Å². The number of hydrogen-bond donors (Lipinski definition) is 1. The first-order chi connectivity index (χ1) is 6.33. The molecule has 0 aliphatic carbocycles. The fourth-order valence-electron chi connectivity index (χ4n) is 2.12. The van der Waals surface area contributed by atoms with Crippen LogP contribution >= 0.6 is 0 Å². The summed E-state index contributed by atoms with van der Waals surface area (Å²) in [7, 11) is -1.45. The minimum atomic E-state index is -1.45. The largest absolute Gasteiger partial charge is 0.403 e.